The van der Waals surface area contributed by atoms with E-state index in [1.54, 1.807) is 6.07 Å². The summed E-state index contributed by atoms with van der Waals surface area (Å²) in [5, 5.41) is 1.09. The predicted molar refractivity (Wildman–Crippen MR) is 85.7 cm³/mol. The van der Waals surface area contributed by atoms with Crippen LogP contribution in [-0.4, -0.2) is 29.3 Å². The lowest BCUT2D eigenvalue weighted by Crippen LogP contribution is -2.39. The van der Waals surface area contributed by atoms with E-state index in [4.69, 9.17) is 11.6 Å². The second-order valence-corrected chi connectivity index (χ2v) is 7.37. The van der Waals surface area contributed by atoms with Crippen LogP contribution >= 0.6 is 22.9 Å². The lowest BCUT2D eigenvalue weighted by atomic mass is 9.94. The van der Waals surface area contributed by atoms with Gasteiger partial charge in [-0.25, -0.2) is 4.39 Å². The van der Waals surface area contributed by atoms with Crippen molar-refractivity contribution in [3.63, 3.8) is 0 Å². The van der Waals surface area contributed by atoms with E-state index >= 15 is 0 Å². The van der Waals surface area contributed by atoms with Gasteiger partial charge in [-0.1, -0.05) is 6.07 Å². The minimum absolute atomic E-state index is 0.0530. The zero-order valence-corrected chi connectivity index (χ0v) is 13.4. The molecule has 0 N–H and O–H groups in total. The van der Waals surface area contributed by atoms with Gasteiger partial charge in [-0.15, -0.1) is 22.9 Å². The summed E-state index contributed by atoms with van der Waals surface area (Å²) >= 11 is 7.50. The Morgan fingerprint density at radius 2 is 2.10 bits per heavy atom. The molecule has 1 aliphatic rings. The largest absolute Gasteiger partial charge is 0.338 e. The van der Waals surface area contributed by atoms with Gasteiger partial charge < -0.3 is 4.90 Å². The molecule has 5 heteroatoms. The van der Waals surface area contributed by atoms with Gasteiger partial charge in [0.15, 0.2) is 0 Å². The van der Waals surface area contributed by atoms with Gasteiger partial charge in [0.05, 0.1) is 4.88 Å². The highest BCUT2D eigenvalue weighted by molar-refractivity contribution is 7.20. The van der Waals surface area contributed by atoms with E-state index in [0.717, 1.165) is 36.0 Å². The second kappa shape index (κ2) is 5.93. The molecule has 1 aliphatic heterocycles. The number of nitrogens with zero attached hydrogens (tertiary/aromatic N) is 1. The fourth-order valence-electron chi connectivity index (χ4n) is 2.83. The number of piperidine rings is 1. The first-order chi connectivity index (χ1) is 10.0. The van der Waals surface area contributed by atoms with Crippen LogP contribution in [0.1, 0.15) is 29.4 Å². The highest BCUT2D eigenvalue weighted by atomic mass is 35.5. The quantitative estimate of drug-likeness (QED) is 0.743. The standard InChI is InChI=1S/C16H17ClFNOS/c1-10(17)11-4-6-19(7-5-11)16(20)15-8-12-2-3-13(18)9-14(12)21-15/h2-3,8-11H,4-7H2,1H3. The molecule has 0 radical (unpaired) electrons. The summed E-state index contributed by atoms with van der Waals surface area (Å²) < 4.78 is 14.0. The smallest absolute Gasteiger partial charge is 0.263 e. The zero-order valence-electron chi connectivity index (χ0n) is 11.8. The molecule has 2 nitrogen and oxygen atoms in total. The Labute approximate surface area is 132 Å². The molecule has 1 amide bonds. The normalized spacial score (nSPS) is 18.1. The summed E-state index contributed by atoms with van der Waals surface area (Å²) in [7, 11) is 0. The van der Waals surface area contributed by atoms with E-state index in [-0.39, 0.29) is 17.1 Å². The summed E-state index contributed by atoms with van der Waals surface area (Å²) in [5.74, 6) is 0.282. The molecule has 0 bridgehead atoms. The molecule has 112 valence electrons. The number of benzene rings is 1. The molecule has 0 saturated carbocycles. The average Bonchev–Trinajstić information content (AvgIpc) is 2.89. The topological polar surface area (TPSA) is 20.3 Å². The minimum Gasteiger partial charge on any atom is -0.338 e. The van der Waals surface area contributed by atoms with Crippen molar-refractivity contribution in [1.82, 2.24) is 4.90 Å². The molecule has 2 heterocycles. The van der Waals surface area contributed by atoms with Crippen LogP contribution in [0, 0.1) is 11.7 Å². The van der Waals surface area contributed by atoms with Gasteiger partial charge in [0.1, 0.15) is 5.82 Å². The lowest BCUT2D eigenvalue weighted by molar-refractivity contribution is 0.0695. The number of hydrogen-bond donors (Lipinski definition) is 0. The monoisotopic (exact) mass is 325 g/mol. The average molecular weight is 326 g/mol. The number of amides is 1. The molecule has 1 aromatic heterocycles. The Bertz CT molecular complexity index is 661. The third kappa shape index (κ3) is 3.06. The summed E-state index contributed by atoms with van der Waals surface area (Å²) in [6.45, 7) is 3.52. The number of alkyl halides is 1. The molecular formula is C16H17ClFNOS. The fraction of sp³-hybridized carbons (Fsp3) is 0.438. The van der Waals surface area contributed by atoms with Crippen molar-refractivity contribution in [2.75, 3.05) is 13.1 Å². The van der Waals surface area contributed by atoms with Crippen LogP contribution in [0.15, 0.2) is 24.3 Å². The number of thiophene rings is 1. The van der Waals surface area contributed by atoms with Crippen molar-refractivity contribution >= 4 is 38.9 Å². The molecule has 1 unspecified atom stereocenters. The maximum atomic E-state index is 13.2. The lowest BCUT2D eigenvalue weighted by Gasteiger charge is -2.32. The molecule has 3 rings (SSSR count). The van der Waals surface area contributed by atoms with Gasteiger partial charge in [0.25, 0.3) is 5.91 Å². The summed E-state index contributed by atoms with van der Waals surface area (Å²) in [4.78, 5) is 15.1. The van der Waals surface area contributed by atoms with Crippen molar-refractivity contribution < 1.29 is 9.18 Å². The second-order valence-electron chi connectivity index (χ2n) is 5.60. The minimum atomic E-state index is -0.264. The number of hydrogen-bond acceptors (Lipinski definition) is 2. The molecule has 1 fully saturated rings. The molecule has 1 saturated heterocycles. The number of rotatable bonds is 2. The first kappa shape index (κ1) is 14.8. The summed E-state index contributed by atoms with van der Waals surface area (Å²) in [6.07, 6.45) is 1.91. The summed E-state index contributed by atoms with van der Waals surface area (Å²) in [6, 6.07) is 6.49. The number of carbonyl (C=O) groups excluding carboxylic acids is 1. The third-order valence-corrected chi connectivity index (χ3v) is 5.61. The van der Waals surface area contributed by atoms with E-state index in [0.29, 0.717) is 10.8 Å². The Morgan fingerprint density at radius 1 is 1.38 bits per heavy atom. The zero-order chi connectivity index (χ0) is 15.0. The maximum Gasteiger partial charge on any atom is 0.263 e. The molecule has 0 aliphatic carbocycles. The first-order valence-corrected chi connectivity index (χ1v) is 8.42. The number of carbonyl (C=O) groups is 1. The highest BCUT2D eigenvalue weighted by Crippen LogP contribution is 2.29. The Morgan fingerprint density at radius 3 is 2.76 bits per heavy atom. The van der Waals surface area contributed by atoms with Crippen LogP contribution in [-0.2, 0) is 0 Å². The van der Waals surface area contributed by atoms with Crippen LogP contribution in [0.2, 0.25) is 0 Å². The van der Waals surface area contributed by atoms with E-state index < -0.39 is 0 Å². The van der Waals surface area contributed by atoms with E-state index in [1.807, 2.05) is 17.9 Å². The molecule has 2 aromatic rings. The Balaban J connectivity index is 1.75. The van der Waals surface area contributed by atoms with Crippen LogP contribution in [0.3, 0.4) is 0 Å². The van der Waals surface area contributed by atoms with Crippen molar-refractivity contribution in [2.45, 2.75) is 25.1 Å². The molecule has 0 spiro atoms. The van der Waals surface area contributed by atoms with Gasteiger partial charge >= 0.3 is 0 Å². The number of halogens is 2. The molecule has 21 heavy (non-hydrogen) atoms. The Kier molecular flexibility index (Phi) is 4.18. The van der Waals surface area contributed by atoms with Crippen molar-refractivity contribution in [2.24, 2.45) is 5.92 Å². The predicted octanol–water partition coefficient (Wildman–Crippen LogP) is 4.52. The summed E-state index contributed by atoms with van der Waals surface area (Å²) in [5.41, 5.74) is 0. The SMILES string of the molecule is CC(Cl)C1CCN(C(=O)c2cc3ccc(F)cc3s2)CC1. The van der Waals surface area contributed by atoms with Gasteiger partial charge in [0, 0.05) is 23.2 Å². The van der Waals surface area contributed by atoms with E-state index in [9.17, 15) is 9.18 Å². The van der Waals surface area contributed by atoms with E-state index in [1.165, 1.54) is 23.5 Å². The van der Waals surface area contributed by atoms with Gasteiger partial charge in [-0.2, -0.15) is 0 Å². The van der Waals surface area contributed by atoms with Crippen LogP contribution in [0.5, 0.6) is 0 Å². The first-order valence-electron chi connectivity index (χ1n) is 7.17. The van der Waals surface area contributed by atoms with Gasteiger partial charge in [-0.05, 0) is 49.3 Å². The molecule has 1 aromatic carbocycles. The highest BCUT2D eigenvalue weighted by Gasteiger charge is 2.26. The molecule has 1 atom stereocenters. The molecular weight excluding hydrogens is 309 g/mol. The van der Waals surface area contributed by atoms with Crippen molar-refractivity contribution in [3.8, 4) is 0 Å². The van der Waals surface area contributed by atoms with Crippen LogP contribution in [0.25, 0.3) is 10.1 Å². The van der Waals surface area contributed by atoms with Crippen molar-refractivity contribution in [3.05, 3.63) is 35.0 Å². The number of fused-ring (bicyclic) bond motifs is 1. The maximum absolute atomic E-state index is 13.2. The number of likely N-dealkylation sites (tertiary alicyclic amines) is 1. The van der Waals surface area contributed by atoms with Crippen LogP contribution in [0.4, 0.5) is 4.39 Å². The van der Waals surface area contributed by atoms with Gasteiger partial charge in [0.2, 0.25) is 0 Å². The van der Waals surface area contributed by atoms with Crippen LogP contribution < -0.4 is 0 Å². The Hall–Kier alpha value is -1.13. The van der Waals surface area contributed by atoms with Crippen molar-refractivity contribution in [1.29, 1.82) is 0 Å². The third-order valence-electron chi connectivity index (χ3n) is 4.17. The van der Waals surface area contributed by atoms with Gasteiger partial charge in [-0.3, -0.25) is 4.79 Å². The fourth-order valence-corrected chi connectivity index (χ4v) is 4.14. The van der Waals surface area contributed by atoms with E-state index in [2.05, 4.69) is 0 Å².